The molecule has 7 nitrogen and oxygen atoms in total. The Kier molecular flexibility index (Phi) is 6.37. The molecular formula is C8H19BN3O4S. The predicted molar refractivity (Wildman–Crippen MR) is 66.5 cm³/mol. The van der Waals surface area contributed by atoms with Crippen LogP contribution in [-0.2, 0) is 10.8 Å². The summed E-state index contributed by atoms with van der Waals surface area (Å²) in [6.45, 7) is 3.57. The van der Waals surface area contributed by atoms with E-state index < -0.39 is 28.7 Å². The van der Waals surface area contributed by atoms with Crippen molar-refractivity contribution in [1.82, 2.24) is 15.2 Å². The quantitative estimate of drug-likeness (QED) is 0.222. The maximum absolute atomic E-state index is 11.0. The normalized spacial score (nSPS) is 16.9. The molecule has 1 radical (unpaired) electrons. The Balaban J connectivity index is 4.52. The molecule has 0 aliphatic heterocycles. The Labute approximate surface area is 106 Å². The topological polar surface area (TPSA) is 98.7 Å². The maximum Gasteiger partial charge on any atom is 0.214 e. The van der Waals surface area contributed by atoms with E-state index in [-0.39, 0.29) is 13.1 Å². The van der Waals surface area contributed by atoms with Crippen LogP contribution in [0.1, 0.15) is 20.3 Å². The van der Waals surface area contributed by atoms with E-state index in [0.29, 0.717) is 14.2 Å². The average Bonchev–Trinajstić information content (AvgIpc) is 2.32. The lowest BCUT2D eigenvalue weighted by molar-refractivity contribution is 0.0755. The largest absolute Gasteiger partial charge is 0.390 e. The molecule has 2 atom stereocenters. The van der Waals surface area contributed by atoms with Gasteiger partial charge in [0.2, 0.25) is 18.6 Å². The number of hydrogen-bond donors (Lipinski definition) is 4. The minimum Gasteiger partial charge on any atom is -0.390 e. The molecule has 17 heavy (non-hydrogen) atoms. The van der Waals surface area contributed by atoms with Crippen molar-refractivity contribution >= 4 is 24.4 Å². The first-order valence-electron chi connectivity index (χ1n) is 6.23. The summed E-state index contributed by atoms with van der Waals surface area (Å²) in [5.41, 5.74) is 0. The number of nitrogens with one attached hydrogen (secondary N) is 2. The Hall–Kier alpha value is -0.635. The summed E-state index contributed by atoms with van der Waals surface area (Å²) < 4.78 is 35.1. The molecule has 0 saturated heterocycles. The fraction of sp³-hybridized carbons (Fsp3) is 0.875. The van der Waals surface area contributed by atoms with Crippen molar-refractivity contribution in [1.29, 1.82) is 2.46 Å². The molecular weight excluding hydrogens is 245 g/mol. The summed E-state index contributed by atoms with van der Waals surface area (Å²) in [6.07, 6.45) is -0.602. The van der Waals surface area contributed by atoms with Gasteiger partial charge < -0.3 is 10.4 Å². The molecule has 0 aliphatic rings. The highest BCUT2D eigenvalue weighted by atomic mass is 32.2. The minimum atomic E-state index is -4.15. The van der Waals surface area contributed by atoms with E-state index in [9.17, 15) is 18.3 Å². The molecule has 0 aliphatic carbocycles. The lowest BCUT2D eigenvalue weighted by Gasteiger charge is -2.27. The third kappa shape index (κ3) is 7.32. The molecule has 1 amide bonds. The molecule has 99 valence electrons. The number of nitrogens with zero attached hydrogens (tertiary/aromatic N) is 1. The van der Waals surface area contributed by atoms with E-state index in [1.54, 1.807) is 13.8 Å². The zero-order valence-electron chi connectivity index (χ0n) is 11.9. The van der Waals surface area contributed by atoms with Crippen molar-refractivity contribution < 1.29 is 18.3 Å². The van der Waals surface area contributed by atoms with Crippen LogP contribution in [0.5, 0.6) is 0 Å². The lowest BCUT2D eigenvalue weighted by Crippen LogP contribution is -2.50. The van der Waals surface area contributed by atoms with E-state index in [0.717, 1.165) is 5.01 Å². The van der Waals surface area contributed by atoms with Gasteiger partial charge in [-0.3, -0.25) is 4.79 Å². The smallest absolute Gasteiger partial charge is 0.214 e. The molecule has 0 bridgehead atoms. The summed E-state index contributed by atoms with van der Waals surface area (Å²) in [4.78, 5) is 13.0. The van der Waals surface area contributed by atoms with Crippen molar-refractivity contribution in [3.63, 3.8) is 0 Å². The number of hydrogen-bond acceptors (Lipinski definition) is 5. The first kappa shape index (κ1) is 12.8. The molecule has 0 aromatic heterocycles. The second-order valence-corrected chi connectivity index (χ2v) is 4.11. The van der Waals surface area contributed by atoms with Gasteiger partial charge in [-0.05, 0) is 7.76 Å². The Morgan fingerprint density at radius 2 is 2.29 bits per heavy atom. The van der Waals surface area contributed by atoms with Crippen LogP contribution in [0.2, 0.25) is 0 Å². The first-order chi connectivity index (χ1) is 8.73. The predicted octanol–water partition coefficient (Wildman–Crippen LogP) is -1.91. The Morgan fingerprint density at radius 3 is 2.71 bits per heavy atom. The van der Waals surface area contributed by atoms with Gasteiger partial charge in [-0.15, -0.1) is 0 Å². The number of carbonyl (C=O) groups is 1. The fourth-order valence-corrected chi connectivity index (χ4v) is 1.76. The molecule has 0 rings (SSSR count). The number of amides is 1. The van der Waals surface area contributed by atoms with Gasteiger partial charge in [0.15, 0.2) is 6.93 Å². The Morgan fingerprint density at radius 1 is 1.65 bits per heavy atom. The van der Waals surface area contributed by atoms with Gasteiger partial charge in [0.1, 0.15) is 0 Å². The van der Waals surface area contributed by atoms with Crippen LogP contribution in [0.15, 0.2) is 0 Å². The standard InChI is InChI=1S/C8H19BN3O4S/c1-3-6(10-8(9)14)7(13)5-12(4-2)11-17(15)16/h6-7,9,13,17H,3-5H2,1-2H3,(H,10,14)(H,11,15,16)/i9T,17T. The zero-order valence-corrected chi connectivity index (χ0v) is 10.7. The third-order valence-electron chi connectivity index (χ3n) is 2.22. The number of thiol groups is 1. The molecule has 0 fully saturated rings. The lowest BCUT2D eigenvalue weighted by atomic mass is 10.0. The highest BCUT2D eigenvalue weighted by molar-refractivity contribution is 7.70. The van der Waals surface area contributed by atoms with Gasteiger partial charge in [0, 0.05) is 13.1 Å². The number of aliphatic hydroxyl groups excluding tert-OH is 1. The van der Waals surface area contributed by atoms with E-state index in [4.69, 9.17) is 2.46 Å². The van der Waals surface area contributed by atoms with Crippen molar-refractivity contribution in [3.05, 3.63) is 0 Å². The van der Waals surface area contributed by atoms with Crippen LogP contribution in [0.25, 0.3) is 0 Å². The third-order valence-corrected chi connectivity index (χ3v) is 2.63. The monoisotopic (exact) mass is 268 g/mol. The molecule has 0 saturated carbocycles. The first-order valence-corrected chi connectivity index (χ1v) is 6.32. The van der Waals surface area contributed by atoms with E-state index in [1.165, 1.54) is 0 Å². The SMILES string of the molecule is [3H][B]C(=O)NC(CC)C(O)CN(CC)NS([3H])(=O)=O. The van der Waals surface area contributed by atoms with Crippen molar-refractivity contribution in [2.45, 2.75) is 32.4 Å². The van der Waals surface area contributed by atoms with Crippen LogP contribution >= 0.6 is 0 Å². The number of carbonyl (C=O) groups excluding carboxylic acids is 1. The fourth-order valence-electron chi connectivity index (χ4n) is 1.34. The van der Waals surface area contributed by atoms with E-state index >= 15 is 0 Å². The summed E-state index contributed by atoms with van der Waals surface area (Å²) in [7, 11) is -3.55. The average molecular weight is 268 g/mol. The highest BCUT2D eigenvalue weighted by Crippen LogP contribution is 2.01. The van der Waals surface area contributed by atoms with Gasteiger partial charge in [-0.1, -0.05) is 13.8 Å². The summed E-state index contributed by atoms with van der Waals surface area (Å²) in [5.74, 6) is -0.630. The van der Waals surface area contributed by atoms with Crippen molar-refractivity contribution in [2.24, 2.45) is 0 Å². The van der Waals surface area contributed by atoms with Gasteiger partial charge in [-0.2, -0.15) is 4.83 Å². The van der Waals surface area contributed by atoms with Gasteiger partial charge in [0.05, 0.1) is 12.1 Å². The van der Waals surface area contributed by atoms with Crippen LogP contribution < -0.4 is 10.1 Å². The molecule has 9 heteroatoms. The van der Waals surface area contributed by atoms with E-state index in [2.05, 4.69) is 5.32 Å². The van der Waals surface area contributed by atoms with Gasteiger partial charge in [0.25, 0.3) is 0 Å². The molecule has 0 heterocycles. The second kappa shape index (κ2) is 8.45. The number of aliphatic hydroxyl groups is 1. The summed E-state index contributed by atoms with van der Waals surface area (Å²) in [5, 5.41) is 13.5. The Bertz CT molecular complexity index is 384. The minimum absolute atomic E-state index is 0.0780. The van der Waals surface area contributed by atoms with Crippen LogP contribution in [0.4, 0.5) is 4.79 Å². The van der Waals surface area contributed by atoms with Crippen LogP contribution in [0.3, 0.4) is 0 Å². The number of hydrazine groups is 1. The van der Waals surface area contributed by atoms with Crippen molar-refractivity contribution in [2.75, 3.05) is 13.1 Å². The van der Waals surface area contributed by atoms with Gasteiger partial charge >= 0.3 is 0 Å². The number of rotatable bonds is 9. The molecule has 0 aromatic rings. The summed E-state index contributed by atoms with van der Waals surface area (Å²) in [6, 6.07) is -0.599. The van der Waals surface area contributed by atoms with E-state index in [1.807, 2.05) is 4.83 Å². The van der Waals surface area contributed by atoms with Crippen LogP contribution in [0, 0.1) is 0 Å². The van der Waals surface area contributed by atoms with Gasteiger partial charge in [-0.25, -0.2) is 13.4 Å². The molecule has 3 N–H and O–H groups in total. The second-order valence-electron chi connectivity index (χ2n) is 3.46. The molecule has 0 spiro atoms. The zero-order chi connectivity index (χ0) is 15.1. The molecule has 0 aromatic carbocycles. The van der Waals surface area contributed by atoms with Crippen molar-refractivity contribution in [3.8, 4) is 0 Å². The highest BCUT2D eigenvalue weighted by Gasteiger charge is 2.20. The van der Waals surface area contributed by atoms with Crippen LogP contribution in [-0.4, -0.2) is 59.8 Å². The molecule has 2 unspecified atom stereocenters. The maximum atomic E-state index is 11.0. The number of likely N-dealkylation sites (N-methyl/N-ethyl adjacent to an activating group) is 1. The summed E-state index contributed by atoms with van der Waals surface area (Å²) >= 11 is 0.